The van der Waals surface area contributed by atoms with Crippen molar-refractivity contribution < 1.29 is 18.8 Å². The third-order valence-corrected chi connectivity index (χ3v) is 4.66. The second-order valence-corrected chi connectivity index (χ2v) is 6.69. The van der Waals surface area contributed by atoms with Gasteiger partial charge in [0.05, 0.1) is 26.4 Å². The Labute approximate surface area is 156 Å². The van der Waals surface area contributed by atoms with E-state index >= 15 is 0 Å². The molecule has 1 aliphatic heterocycles. The molecule has 2 aromatic rings. The van der Waals surface area contributed by atoms with E-state index in [-0.39, 0.29) is 12.2 Å². The lowest BCUT2D eigenvalue weighted by Crippen LogP contribution is -2.28. The van der Waals surface area contributed by atoms with Crippen LogP contribution in [0.3, 0.4) is 0 Å². The highest BCUT2D eigenvalue weighted by atomic mass is 31.0. The number of carbonyl (C=O) groups excluding carboxylic acids is 1. The van der Waals surface area contributed by atoms with Gasteiger partial charge in [-0.1, -0.05) is 42.5 Å². The zero-order chi connectivity index (χ0) is 18.4. The molecule has 5 nitrogen and oxygen atoms in total. The van der Waals surface area contributed by atoms with Gasteiger partial charge in [0.25, 0.3) is 0 Å². The van der Waals surface area contributed by atoms with Gasteiger partial charge in [0.1, 0.15) is 6.10 Å². The number of nitrogens with zero attached hydrogens (tertiary/aromatic N) is 1. The molecule has 6 heteroatoms. The molecule has 0 spiro atoms. The molecule has 0 saturated carbocycles. The first kappa shape index (κ1) is 18.8. The van der Waals surface area contributed by atoms with Crippen molar-refractivity contribution in [3.8, 4) is 0 Å². The SMILES string of the molecule is Cc1ccc(C2CN(CCOCc3ccccc3)C(=O)O2)cc1COP. The van der Waals surface area contributed by atoms with E-state index in [9.17, 15) is 4.79 Å². The number of amides is 1. The number of ether oxygens (including phenoxy) is 2. The second kappa shape index (κ2) is 9.13. The molecule has 1 fully saturated rings. The fraction of sp³-hybridized carbons (Fsp3) is 0.350. The molecule has 2 atom stereocenters. The summed E-state index contributed by atoms with van der Waals surface area (Å²) in [5.74, 6) is 0. The molecule has 3 rings (SSSR count). The number of hydrogen-bond acceptors (Lipinski definition) is 4. The minimum Gasteiger partial charge on any atom is -0.439 e. The molecule has 1 saturated heterocycles. The van der Waals surface area contributed by atoms with Crippen LogP contribution in [-0.4, -0.2) is 30.7 Å². The third kappa shape index (κ3) is 4.82. The molecule has 138 valence electrons. The Morgan fingerprint density at radius 3 is 2.77 bits per heavy atom. The van der Waals surface area contributed by atoms with Gasteiger partial charge in [-0.25, -0.2) is 4.79 Å². The van der Waals surface area contributed by atoms with E-state index in [1.807, 2.05) is 55.5 Å². The highest BCUT2D eigenvalue weighted by Gasteiger charge is 2.32. The standard InChI is InChI=1S/C20H24NO4P/c1-15-7-8-17(11-18(15)14-24-26)19-12-21(20(22)25-19)9-10-23-13-16-5-3-2-4-6-16/h2-8,11,19H,9-10,12-14,26H2,1H3. The maximum absolute atomic E-state index is 12.1. The number of aryl methyl sites for hydroxylation is 1. The minimum atomic E-state index is -0.289. The highest BCUT2D eigenvalue weighted by Crippen LogP contribution is 2.28. The van der Waals surface area contributed by atoms with Crippen molar-refractivity contribution in [1.29, 1.82) is 0 Å². The first-order valence-electron chi connectivity index (χ1n) is 8.65. The van der Waals surface area contributed by atoms with Gasteiger partial charge in [0.15, 0.2) is 0 Å². The molecule has 0 radical (unpaired) electrons. The van der Waals surface area contributed by atoms with E-state index < -0.39 is 0 Å². The Balaban J connectivity index is 1.51. The molecule has 2 unspecified atom stereocenters. The fourth-order valence-corrected chi connectivity index (χ4v) is 3.12. The van der Waals surface area contributed by atoms with Gasteiger partial charge in [0, 0.05) is 16.0 Å². The van der Waals surface area contributed by atoms with Crippen LogP contribution in [0.25, 0.3) is 0 Å². The Kier molecular flexibility index (Phi) is 6.62. The van der Waals surface area contributed by atoms with E-state index in [2.05, 4.69) is 9.47 Å². The molecule has 0 bridgehead atoms. The second-order valence-electron chi connectivity index (χ2n) is 6.35. The fourth-order valence-electron chi connectivity index (χ4n) is 2.94. The van der Waals surface area contributed by atoms with Crippen LogP contribution >= 0.6 is 9.47 Å². The summed E-state index contributed by atoms with van der Waals surface area (Å²) >= 11 is 0. The number of cyclic esters (lactones) is 1. The van der Waals surface area contributed by atoms with Crippen LogP contribution in [0.5, 0.6) is 0 Å². The molecule has 0 N–H and O–H groups in total. The first-order chi connectivity index (χ1) is 12.7. The Morgan fingerprint density at radius 1 is 1.19 bits per heavy atom. The molecule has 0 aromatic heterocycles. The molecule has 2 aromatic carbocycles. The van der Waals surface area contributed by atoms with Crippen molar-refractivity contribution in [2.24, 2.45) is 0 Å². The van der Waals surface area contributed by atoms with Crippen LogP contribution in [0.4, 0.5) is 4.79 Å². The van der Waals surface area contributed by atoms with Crippen molar-refractivity contribution in [2.75, 3.05) is 19.7 Å². The monoisotopic (exact) mass is 373 g/mol. The summed E-state index contributed by atoms with van der Waals surface area (Å²) in [6, 6.07) is 16.1. The smallest absolute Gasteiger partial charge is 0.410 e. The largest absolute Gasteiger partial charge is 0.439 e. The molecule has 26 heavy (non-hydrogen) atoms. The quantitative estimate of drug-likeness (QED) is 0.518. The van der Waals surface area contributed by atoms with Crippen molar-refractivity contribution in [3.63, 3.8) is 0 Å². The van der Waals surface area contributed by atoms with Crippen molar-refractivity contribution in [2.45, 2.75) is 26.2 Å². The average Bonchev–Trinajstić information content (AvgIpc) is 3.02. The predicted molar refractivity (Wildman–Crippen MR) is 103 cm³/mol. The van der Waals surface area contributed by atoms with Gasteiger partial charge >= 0.3 is 6.09 Å². The topological polar surface area (TPSA) is 48.0 Å². The molecule has 1 heterocycles. The summed E-state index contributed by atoms with van der Waals surface area (Å²) in [7, 11) is 2.26. The van der Waals surface area contributed by atoms with Crippen LogP contribution < -0.4 is 0 Å². The van der Waals surface area contributed by atoms with Gasteiger partial charge < -0.3 is 18.9 Å². The third-order valence-electron chi connectivity index (χ3n) is 4.49. The van der Waals surface area contributed by atoms with E-state index in [1.54, 1.807) is 4.90 Å². The Morgan fingerprint density at radius 2 is 2.00 bits per heavy atom. The molecule has 0 aliphatic carbocycles. The minimum absolute atomic E-state index is 0.250. The van der Waals surface area contributed by atoms with Gasteiger partial charge in [-0.2, -0.15) is 0 Å². The number of hydrogen-bond donors (Lipinski definition) is 0. The van der Waals surface area contributed by atoms with Crippen molar-refractivity contribution in [3.05, 3.63) is 70.8 Å². The molecular formula is C20H24NO4P. The lowest BCUT2D eigenvalue weighted by atomic mass is 10.0. The summed E-state index contributed by atoms with van der Waals surface area (Å²) in [5, 5.41) is 0. The van der Waals surface area contributed by atoms with Gasteiger partial charge in [-0.3, -0.25) is 0 Å². The van der Waals surface area contributed by atoms with Crippen LogP contribution in [-0.2, 0) is 27.2 Å². The maximum atomic E-state index is 12.1. The molecule has 1 aliphatic rings. The summed E-state index contributed by atoms with van der Waals surface area (Å²) in [4.78, 5) is 13.8. The van der Waals surface area contributed by atoms with Crippen molar-refractivity contribution in [1.82, 2.24) is 4.90 Å². The number of carbonyl (C=O) groups is 1. The number of benzene rings is 2. The van der Waals surface area contributed by atoms with Gasteiger partial charge in [0.2, 0.25) is 0 Å². The first-order valence-corrected chi connectivity index (χ1v) is 9.13. The Bertz CT molecular complexity index is 738. The number of rotatable bonds is 8. The molecular weight excluding hydrogens is 349 g/mol. The summed E-state index contributed by atoms with van der Waals surface area (Å²) in [6.45, 7) is 4.65. The summed E-state index contributed by atoms with van der Waals surface area (Å²) < 4.78 is 16.4. The molecule has 1 amide bonds. The normalized spacial score (nSPS) is 16.8. The van der Waals surface area contributed by atoms with Gasteiger partial charge in [-0.15, -0.1) is 0 Å². The van der Waals surface area contributed by atoms with Crippen molar-refractivity contribution >= 4 is 15.6 Å². The van der Waals surface area contributed by atoms with E-state index in [0.29, 0.717) is 32.9 Å². The predicted octanol–water partition coefficient (Wildman–Crippen LogP) is 4.01. The lowest BCUT2D eigenvalue weighted by molar-refractivity contribution is 0.0980. The Hall–Kier alpha value is -1.94. The highest BCUT2D eigenvalue weighted by molar-refractivity contribution is 7.09. The summed E-state index contributed by atoms with van der Waals surface area (Å²) in [5.41, 5.74) is 4.37. The maximum Gasteiger partial charge on any atom is 0.410 e. The average molecular weight is 373 g/mol. The van der Waals surface area contributed by atoms with E-state index in [4.69, 9.17) is 14.0 Å². The van der Waals surface area contributed by atoms with Crippen LogP contribution in [0.1, 0.15) is 28.4 Å². The lowest BCUT2D eigenvalue weighted by Gasteiger charge is -2.14. The van der Waals surface area contributed by atoms with Crippen LogP contribution in [0.2, 0.25) is 0 Å². The van der Waals surface area contributed by atoms with Crippen LogP contribution in [0, 0.1) is 6.92 Å². The zero-order valence-corrected chi connectivity index (χ0v) is 16.0. The van der Waals surface area contributed by atoms with E-state index in [0.717, 1.165) is 22.3 Å². The van der Waals surface area contributed by atoms with Crippen LogP contribution in [0.15, 0.2) is 48.5 Å². The zero-order valence-electron chi connectivity index (χ0n) is 14.9. The summed E-state index contributed by atoms with van der Waals surface area (Å²) in [6.07, 6.45) is -0.539. The van der Waals surface area contributed by atoms with E-state index in [1.165, 1.54) is 0 Å². The van der Waals surface area contributed by atoms with Gasteiger partial charge in [-0.05, 0) is 35.2 Å².